The van der Waals surface area contributed by atoms with Crippen molar-refractivity contribution in [3.8, 4) is 67.5 Å². The van der Waals surface area contributed by atoms with Gasteiger partial charge in [0.1, 0.15) is 11.2 Å². The number of benzene rings is 10. The molecule has 0 fully saturated rings. The third-order valence-corrected chi connectivity index (χ3v) is 12.0. The molecule has 0 aliphatic carbocycles. The molecule has 61 heavy (non-hydrogen) atoms. The predicted octanol–water partition coefficient (Wildman–Crippen LogP) is 15.2. The molecule has 0 saturated heterocycles. The Morgan fingerprint density at radius 3 is 1.57 bits per heavy atom. The molecule has 0 saturated carbocycles. The maximum atomic E-state index is 6.57. The summed E-state index contributed by atoms with van der Waals surface area (Å²) in [5.41, 5.74) is 11.2. The minimum absolute atomic E-state index is 0.553. The van der Waals surface area contributed by atoms with Crippen LogP contribution >= 0.6 is 0 Å². The van der Waals surface area contributed by atoms with Gasteiger partial charge in [0.05, 0.1) is 5.56 Å². The monoisotopic (exact) mass is 777 g/mol. The molecule has 0 aliphatic rings. The molecule has 0 bridgehead atoms. The van der Waals surface area contributed by atoms with Gasteiger partial charge in [-0.15, -0.1) is 0 Å². The van der Waals surface area contributed by atoms with Crippen LogP contribution in [0.4, 0.5) is 0 Å². The van der Waals surface area contributed by atoms with Gasteiger partial charge in [0.25, 0.3) is 0 Å². The highest BCUT2D eigenvalue weighted by Crippen LogP contribution is 2.40. The number of furan rings is 1. The van der Waals surface area contributed by atoms with Crippen LogP contribution in [0.2, 0.25) is 0 Å². The van der Waals surface area contributed by atoms with E-state index >= 15 is 0 Å². The highest BCUT2D eigenvalue weighted by molar-refractivity contribution is 6.10. The second-order valence-corrected chi connectivity index (χ2v) is 15.5. The quantitative estimate of drug-likeness (QED) is 0.169. The first-order valence-electron chi connectivity index (χ1n) is 20.6. The van der Waals surface area contributed by atoms with Gasteiger partial charge in [-0.3, -0.25) is 0 Å². The Kier molecular flexibility index (Phi) is 8.13. The Hall–Kier alpha value is -8.21. The van der Waals surface area contributed by atoms with E-state index in [-0.39, 0.29) is 0 Å². The lowest BCUT2D eigenvalue weighted by Gasteiger charge is -2.14. The van der Waals surface area contributed by atoms with Crippen LogP contribution in [0.5, 0.6) is 0 Å². The van der Waals surface area contributed by atoms with E-state index in [1.165, 1.54) is 21.9 Å². The van der Waals surface area contributed by atoms with Crippen molar-refractivity contribution in [2.75, 3.05) is 0 Å². The third kappa shape index (κ3) is 6.04. The largest absolute Gasteiger partial charge is 0.455 e. The summed E-state index contributed by atoms with van der Waals surface area (Å²) in [6.45, 7) is 0. The van der Waals surface area contributed by atoms with Crippen molar-refractivity contribution >= 4 is 54.3 Å². The number of para-hydroxylation sites is 2. The number of aromatic nitrogens is 3. The van der Waals surface area contributed by atoms with Gasteiger partial charge in [0.2, 0.25) is 0 Å². The van der Waals surface area contributed by atoms with E-state index < -0.39 is 0 Å². The molecule has 0 atom stereocenters. The Bertz CT molecular complexity index is 3650. The summed E-state index contributed by atoms with van der Waals surface area (Å²) in [5.74, 6) is 1.74. The van der Waals surface area contributed by atoms with Crippen molar-refractivity contribution in [3.05, 3.63) is 212 Å². The molecule has 0 spiro atoms. The molecule has 12 rings (SSSR count). The zero-order valence-electron chi connectivity index (χ0n) is 33.0. The van der Waals surface area contributed by atoms with Crippen LogP contribution in [0.15, 0.2) is 217 Å². The lowest BCUT2D eigenvalue weighted by molar-refractivity contribution is 0.669. The van der Waals surface area contributed by atoms with Gasteiger partial charge >= 0.3 is 0 Å². The van der Waals surface area contributed by atoms with E-state index in [1.54, 1.807) is 0 Å². The van der Waals surface area contributed by atoms with E-state index in [9.17, 15) is 0 Å². The fourth-order valence-electron chi connectivity index (χ4n) is 8.90. The number of fused-ring (bicyclic) bond motifs is 6. The Balaban J connectivity index is 1.06. The second-order valence-electron chi connectivity index (χ2n) is 15.5. The molecule has 2 aromatic heterocycles. The first kappa shape index (κ1) is 34.8. The van der Waals surface area contributed by atoms with Crippen LogP contribution in [-0.4, -0.2) is 15.0 Å². The van der Waals surface area contributed by atoms with Gasteiger partial charge in [0, 0.05) is 21.9 Å². The first-order valence-corrected chi connectivity index (χ1v) is 20.6. The maximum absolute atomic E-state index is 6.57. The molecule has 0 amide bonds. The minimum atomic E-state index is 0.553. The fraction of sp³-hybridized carbons (Fsp3) is 0. The third-order valence-electron chi connectivity index (χ3n) is 12.0. The van der Waals surface area contributed by atoms with Crippen molar-refractivity contribution < 1.29 is 4.42 Å². The van der Waals surface area contributed by atoms with E-state index in [4.69, 9.17) is 19.4 Å². The average molecular weight is 778 g/mol. The number of nitrogens with zero attached hydrogens (tertiary/aromatic N) is 3. The maximum Gasteiger partial charge on any atom is 0.167 e. The SMILES string of the molecule is c1ccc(-c2ccc(-c3ccc4cccc(-c5nc(-c6ccc(-c7ccc8ccccc8c7)c7ccccc67)nc(-c6cccc7c6oc6ccccc67)n5)c4c3)cc2)cc1. The van der Waals surface area contributed by atoms with Crippen LogP contribution in [0.1, 0.15) is 0 Å². The number of hydrogen-bond acceptors (Lipinski definition) is 4. The van der Waals surface area contributed by atoms with Gasteiger partial charge in [0.15, 0.2) is 17.5 Å². The van der Waals surface area contributed by atoms with E-state index in [0.717, 1.165) is 82.4 Å². The summed E-state index contributed by atoms with van der Waals surface area (Å²) in [4.78, 5) is 16.0. The van der Waals surface area contributed by atoms with Crippen LogP contribution in [-0.2, 0) is 0 Å². The van der Waals surface area contributed by atoms with Gasteiger partial charge in [-0.25, -0.2) is 15.0 Å². The smallest absolute Gasteiger partial charge is 0.167 e. The van der Waals surface area contributed by atoms with Gasteiger partial charge in [-0.1, -0.05) is 182 Å². The summed E-state index contributed by atoms with van der Waals surface area (Å²) in [6.07, 6.45) is 0. The van der Waals surface area contributed by atoms with Crippen LogP contribution in [0.25, 0.3) is 122 Å². The van der Waals surface area contributed by atoms with Crippen molar-refractivity contribution in [1.82, 2.24) is 15.0 Å². The van der Waals surface area contributed by atoms with Gasteiger partial charge < -0.3 is 4.42 Å². The molecular formula is C57H35N3O. The highest BCUT2D eigenvalue weighted by Gasteiger charge is 2.20. The summed E-state index contributed by atoms with van der Waals surface area (Å²) < 4.78 is 6.57. The van der Waals surface area contributed by atoms with E-state index in [1.807, 2.05) is 24.3 Å². The first-order chi connectivity index (χ1) is 30.2. The standard InChI is InChI=1S/C57H35N3O/c1-2-12-36(13-3-1)38-24-26-39(27-25-38)42-30-29-40-16-10-21-49(52(40)35-42)55-58-56(60-57(59-55)51-22-11-20-48-47-19-8-9-23-53(47)61-54(48)51)50-33-32-44(45-17-6-7-18-46(45)50)43-31-28-37-14-4-5-15-41(37)34-43/h1-35H. The van der Waals surface area contributed by atoms with E-state index in [2.05, 4.69) is 188 Å². The summed E-state index contributed by atoms with van der Waals surface area (Å²) in [7, 11) is 0. The van der Waals surface area contributed by atoms with Crippen molar-refractivity contribution in [2.45, 2.75) is 0 Å². The lowest BCUT2D eigenvalue weighted by atomic mass is 9.93. The molecule has 4 heteroatoms. The Morgan fingerprint density at radius 2 is 0.770 bits per heavy atom. The lowest BCUT2D eigenvalue weighted by Crippen LogP contribution is -2.01. The Labute approximate surface area is 352 Å². The van der Waals surface area contributed by atoms with Gasteiger partial charge in [-0.05, 0) is 96.0 Å². The molecule has 284 valence electrons. The van der Waals surface area contributed by atoms with Crippen molar-refractivity contribution in [2.24, 2.45) is 0 Å². The molecular weight excluding hydrogens is 743 g/mol. The minimum Gasteiger partial charge on any atom is -0.455 e. The van der Waals surface area contributed by atoms with Gasteiger partial charge in [-0.2, -0.15) is 0 Å². The van der Waals surface area contributed by atoms with Crippen LogP contribution < -0.4 is 0 Å². The van der Waals surface area contributed by atoms with Crippen molar-refractivity contribution in [3.63, 3.8) is 0 Å². The Morgan fingerprint density at radius 1 is 0.262 bits per heavy atom. The highest BCUT2D eigenvalue weighted by atomic mass is 16.3. The summed E-state index contributed by atoms with van der Waals surface area (Å²) in [6, 6.07) is 74.8. The number of rotatable bonds is 6. The molecule has 0 unspecified atom stereocenters. The summed E-state index contributed by atoms with van der Waals surface area (Å²) in [5, 5.41) is 8.88. The molecule has 10 aromatic carbocycles. The predicted molar refractivity (Wildman–Crippen MR) is 252 cm³/mol. The summed E-state index contributed by atoms with van der Waals surface area (Å²) >= 11 is 0. The molecule has 0 aliphatic heterocycles. The molecule has 0 N–H and O–H groups in total. The van der Waals surface area contributed by atoms with Crippen LogP contribution in [0.3, 0.4) is 0 Å². The topological polar surface area (TPSA) is 51.8 Å². The van der Waals surface area contributed by atoms with Crippen molar-refractivity contribution in [1.29, 1.82) is 0 Å². The zero-order chi connectivity index (χ0) is 40.3. The normalized spacial score (nSPS) is 11.6. The zero-order valence-corrected chi connectivity index (χ0v) is 33.0. The molecule has 12 aromatic rings. The molecule has 0 radical (unpaired) electrons. The fourth-order valence-corrected chi connectivity index (χ4v) is 8.90. The van der Waals surface area contributed by atoms with E-state index in [0.29, 0.717) is 17.5 Å². The average Bonchev–Trinajstić information content (AvgIpc) is 3.72. The molecule has 2 heterocycles. The molecule has 4 nitrogen and oxygen atoms in total. The second kappa shape index (κ2) is 14.3. The number of hydrogen-bond donors (Lipinski definition) is 0. The van der Waals surface area contributed by atoms with Crippen LogP contribution in [0, 0.1) is 0 Å².